The van der Waals surface area contributed by atoms with Crippen molar-refractivity contribution in [3.8, 4) is 5.69 Å². The topological polar surface area (TPSA) is 34.0 Å². The first kappa shape index (κ1) is 13.6. The fourth-order valence-corrected chi connectivity index (χ4v) is 3.19. The van der Waals surface area contributed by atoms with E-state index in [1.54, 1.807) is 0 Å². The number of rotatable bonds is 3. The van der Waals surface area contributed by atoms with Gasteiger partial charge in [-0.15, -0.1) is 11.3 Å². The smallest absolute Gasteiger partial charge is 0.267 e. The van der Waals surface area contributed by atoms with Crippen LogP contribution in [0.15, 0.2) is 54.2 Å². The van der Waals surface area contributed by atoms with Crippen LogP contribution in [0, 0.1) is 13.8 Å². The highest BCUT2D eigenvalue weighted by molar-refractivity contribution is 7.12. The Balaban J connectivity index is 1.88. The van der Waals surface area contributed by atoms with Gasteiger partial charge in [-0.3, -0.25) is 4.79 Å². The summed E-state index contributed by atoms with van der Waals surface area (Å²) in [6, 6.07) is 11.9. The van der Waals surface area contributed by atoms with Crippen LogP contribution in [0.1, 0.15) is 20.8 Å². The first-order valence-corrected chi connectivity index (χ1v) is 7.62. The fourth-order valence-electron chi connectivity index (χ4n) is 2.41. The highest BCUT2D eigenvalue weighted by Gasteiger charge is 2.14. The Morgan fingerprint density at radius 3 is 2.43 bits per heavy atom. The minimum Gasteiger partial charge on any atom is -0.322 e. The number of thiophene rings is 1. The van der Waals surface area contributed by atoms with Gasteiger partial charge < -0.3 is 9.88 Å². The summed E-state index contributed by atoms with van der Waals surface area (Å²) in [4.78, 5) is 13.2. The van der Waals surface area contributed by atoms with Gasteiger partial charge in [0.25, 0.3) is 5.91 Å². The van der Waals surface area contributed by atoms with E-state index in [1.807, 2.05) is 66.5 Å². The van der Waals surface area contributed by atoms with Crippen LogP contribution in [0.3, 0.4) is 0 Å². The minimum absolute atomic E-state index is 0.0706. The number of benzene rings is 1. The van der Waals surface area contributed by atoms with Gasteiger partial charge in [0.2, 0.25) is 0 Å². The summed E-state index contributed by atoms with van der Waals surface area (Å²) in [7, 11) is 0. The van der Waals surface area contributed by atoms with Crippen LogP contribution in [0.2, 0.25) is 0 Å². The van der Waals surface area contributed by atoms with E-state index in [0.717, 1.165) is 22.5 Å². The average molecular weight is 296 g/mol. The van der Waals surface area contributed by atoms with E-state index in [4.69, 9.17) is 0 Å². The number of nitrogens with zero attached hydrogens (tertiary/aromatic N) is 1. The summed E-state index contributed by atoms with van der Waals surface area (Å²) < 4.78 is 1.95. The lowest BCUT2D eigenvalue weighted by Gasteiger charge is -2.08. The second kappa shape index (κ2) is 5.58. The first-order valence-electron chi connectivity index (χ1n) is 6.74. The molecule has 1 N–H and O–H groups in total. The lowest BCUT2D eigenvalue weighted by molar-refractivity contribution is 0.103. The molecule has 3 aromatic rings. The number of amides is 1. The quantitative estimate of drug-likeness (QED) is 0.763. The Morgan fingerprint density at radius 2 is 1.76 bits per heavy atom. The van der Waals surface area contributed by atoms with E-state index >= 15 is 0 Å². The summed E-state index contributed by atoms with van der Waals surface area (Å²) in [6.07, 6.45) is 3.88. The molecule has 0 aliphatic rings. The number of hydrogen-bond donors (Lipinski definition) is 1. The van der Waals surface area contributed by atoms with Crippen molar-refractivity contribution in [3.05, 3.63) is 70.2 Å². The highest BCUT2D eigenvalue weighted by atomic mass is 32.1. The van der Waals surface area contributed by atoms with E-state index in [9.17, 15) is 4.79 Å². The maximum Gasteiger partial charge on any atom is 0.267 e. The van der Waals surface area contributed by atoms with Crippen LogP contribution in [-0.2, 0) is 0 Å². The Kier molecular flexibility index (Phi) is 3.62. The third kappa shape index (κ3) is 2.90. The molecular formula is C17H16N2OS. The van der Waals surface area contributed by atoms with Crippen molar-refractivity contribution >= 4 is 22.9 Å². The molecule has 2 aromatic heterocycles. The molecule has 21 heavy (non-hydrogen) atoms. The summed E-state index contributed by atoms with van der Waals surface area (Å²) in [6.45, 7) is 4.05. The van der Waals surface area contributed by atoms with Crippen LogP contribution in [0.25, 0.3) is 5.69 Å². The van der Waals surface area contributed by atoms with Gasteiger partial charge in [-0.25, -0.2) is 0 Å². The number of aryl methyl sites for hydroxylation is 2. The summed E-state index contributed by atoms with van der Waals surface area (Å²) in [5, 5.41) is 4.92. The zero-order valence-electron chi connectivity index (χ0n) is 12.0. The van der Waals surface area contributed by atoms with Gasteiger partial charge >= 0.3 is 0 Å². The van der Waals surface area contributed by atoms with Gasteiger partial charge in [-0.05, 0) is 60.7 Å². The molecule has 0 unspecified atom stereocenters. The molecule has 3 rings (SSSR count). The first-order chi connectivity index (χ1) is 10.1. The predicted octanol–water partition coefficient (Wildman–Crippen LogP) is 4.41. The molecule has 2 heterocycles. The molecule has 0 saturated heterocycles. The van der Waals surface area contributed by atoms with Crippen molar-refractivity contribution in [1.82, 2.24) is 4.57 Å². The maximum absolute atomic E-state index is 12.5. The van der Waals surface area contributed by atoms with E-state index in [1.165, 1.54) is 11.3 Å². The highest BCUT2D eigenvalue weighted by Crippen LogP contribution is 2.23. The number of aromatic nitrogens is 1. The van der Waals surface area contributed by atoms with E-state index in [-0.39, 0.29) is 5.91 Å². The molecule has 3 nitrogen and oxygen atoms in total. The molecule has 0 bridgehead atoms. The van der Waals surface area contributed by atoms with E-state index < -0.39 is 0 Å². The zero-order chi connectivity index (χ0) is 14.8. The largest absolute Gasteiger partial charge is 0.322 e. The van der Waals surface area contributed by atoms with Gasteiger partial charge in [0.1, 0.15) is 4.88 Å². The fraction of sp³-hybridized carbons (Fsp3) is 0.118. The molecule has 1 aromatic carbocycles. The monoisotopic (exact) mass is 296 g/mol. The number of carbonyl (C=O) groups excluding carboxylic acids is 1. The summed E-state index contributed by atoms with van der Waals surface area (Å²) in [5.74, 6) is -0.0706. The normalized spacial score (nSPS) is 10.6. The van der Waals surface area contributed by atoms with Crippen molar-refractivity contribution in [2.24, 2.45) is 0 Å². The van der Waals surface area contributed by atoms with Gasteiger partial charge in [0.05, 0.1) is 5.69 Å². The van der Waals surface area contributed by atoms with Gasteiger partial charge in [0, 0.05) is 18.1 Å². The molecule has 0 saturated carbocycles. The molecule has 0 atom stereocenters. The second-order valence-corrected chi connectivity index (χ2v) is 5.97. The van der Waals surface area contributed by atoms with Gasteiger partial charge in [0.15, 0.2) is 0 Å². The SMILES string of the molecule is Cc1cc(C)cc(NC(=O)c2sccc2-n2cccc2)c1. The van der Waals surface area contributed by atoms with Crippen molar-refractivity contribution in [2.75, 3.05) is 5.32 Å². The van der Waals surface area contributed by atoms with Crippen LogP contribution in [0.4, 0.5) is 5.69 Å². The standard InChI is InChI=1S/C17H16N2OS/c1-12-9-13(2)11-14(10-12)18-17(20)16-15(5-8-21-16)19-6-3-4-7-19/h3-11H,1-2H3,(H,18,20). The predicted molar refractivity (Wildman–Crippen MR) is 87.5 cm³/mol. The molecule has 0 fully saturated rings. The van der Waals surface area contributed by atoms with Crippen LogP contribution in [-0.4, -0.2) is 10.5 Å². The zero-order valence-corrected chi connectivity index (χ0v) is 12.8. The number of anilines is 1. The number of carbonyl (C=O) groups is 1. The molecule has 0 aliphatic carbocycles. The summed E-state index contributed by atoms with van der Waals surface area (Å²) >= 11 is 1.45. The molecule has 0 radical (unpaired) electrons. The molecule has 1 amide bonds. The number of nitrogens with one attached hydrogen (secondary N) is 1. The Bertz CT molecular complexity index is 752. The lowest BCUT2D eigenvalue weighted by atomic mass is 10.1. The van der Waals surface area contributed by atoms with Crippen molar-refractivity contribution in [1.29, 1.82) is 0 Å². The lowest BCUT2D eigenvalue weighted by Crippen LogP contribution is -2.12. The molecular weight excluding hydrogens is 280 g/mol. The third-order valence-corrected chi connectivity index (χ3v) is 4.12. The van der Waals surface area contributed by atoms with Crippen LogP contribution < -0.4 is 5.32 Å². The van der Waals surface area contributed by atoms with Crippen LogP contribution >= 0.6 is 11.3 Å². The molecule has 0 spiro atoms. The second-order valence-electron chi connectivity index (χ2n) is 5.06. The number of hydrogen-bond acceptors (Lipinski definition) is 2. The minimum atomic E-state index is -0.0706. The van der Waals surface area contributed by atoms with Crippen LogP contribution in [0.5, 0.6) is 0 Å². The molecule has 0 aliphatic heterocycles. The van der Waals surface area contributed by atoms with Crippen molar-refractivity contribution < 1.29 is 4.79 Å². The van der Waals surface area contributed by atoms with Crippen molar-refractivity contribution in [3.63, 3.8) is 0 Å². The van der Waals surface area contributed by atoms with E-state index in [0.29, 0.717) is 4.88 Å². The molecule has 4 heteroatoms. The van der Waals surface area contributed by atoms with Gasteiger partial charge in [-0.2, -0.15) is 0 Å². The third-order valence-electron chi connectivity index (χ3n) is 3.21. The Labute approximate surface area is 127 Å². The Hall–Kier alpha value is -2.33. The van der Waals surface area contributed by atoms with Crippen molar-refractivity contribution in [2.45, 2.75) is 13.8 Å². The Morgan fingerprint density at radius 1 is 1.10 bits per heavy atom. The maximum atomic E-state index is 12.5. The van der Waals surface area contributed by atoms with Gasteiger partial charge in [-0.1, -0.05) is 6.07 Å². The van der Waals surface area contributed by atoms with E-state index in [2.05, 4.69) is 11.4 Å². The summed E-state index contributed by atoms with van der Waals surface area (Å²) in [5.41, 5.74) is 4.03. The molecule has 106 valence electrons. The average Bonchev–Trinajstić information content (AvgIpc) is 3.08.